The molecule has 2 aromatic carbocycles. The van der Waals surface area contributed by atoms with Crippen LogP contribution in [0.4, 0.5) is 0 Å². The largest absolute Gasteiger partial charge is 0.353 e. The molecular weight excluding hydrogens is 400 g/mol. The minimum absolute atomic E-state index is 0.0827. The summed E-state index contributed by atoms with van der Waals surface area (Å²) in [5, 5.41) is 4.18. The van der Waals surface area contributed by atoms with Crippen LogP contribution < -0.4 is 5.32 Å². The SMILES string of the molecule is C[C@@H](C(=O)NCCN1CCCC1)N1C(=O)c2ccccc2[C@H]1c1cn(C)c2ccccc12. The Labute approximate surface area is 188 Å². The number of likely N-dealkylation sites (tertiary alicyclic amines) is 1. The fourth-order valence-corrected chi connectivity index (χ4v) is 5.26. The number of nitrogens with zero attached hydrogens (tertiary/aromatic N) is 3. The van der Waals surface area contributed by atoms with Crippen LogP contribution in [0.15, 0.2) is 54.7 Å². The Morgan fingerprint density at radius 3 is 2.59 bits per heavy atom. The van der Waals surface area contributed by atoms with Gasteiger partial charge in [0.15, 0.2) is 0 Å². The highest BCUT2D eigenvalue weighted by Gasteiger charge is 2.43. The van der Waals surface area contributed by atoms with E-state index < -0.39 is 6.04 Å². The molecule has 0 radical (unpaired) electrons. The minimum atomic E-state index is -0.572. The molecule has 6 nitrogen and oxygen atoms in total. The van der Waals surface area contributed by atoms with Gasteiger partial charge in [-0.2, -0.15) is 0 Å². The fraction of sp³-hybridized carbons (Fsp3) is 0.385. The van der Waals surface area contributed by atoms with Crippen molar-refractivity contribution in [3.63, 3.8) is 0 Å². The maximum Gasteiger partial charge on any atom is 0.255 e. The van der Waals surface area contributed by atoms with Crippen LogP contribution in [-0.4, -0.2) is 58.4 Å². The van der Waals surface area contributed by atoms with Crippen LogP contribution in [0.25, 0.3) is 10.9 Å². The molecule has 3 aromatic rings. The summed E-state index contributed by atoms with van der Waals surface area (Å²) in [6.07, 6.45) is 4.56. The second-order valence-corrected chi connectivity index (χ2v) is 8.93. The summed E-state index contributed by atoms with van der Waals surface area (Å²) in [6, 6.07) is 15.1. The molecule has 5 rings (SSSR count). The van der Waals surface area contributed by atoms with E-state index in [1.54, 1.807) is 4.90 Å². The number of para-hydroxylation sites is 1. The molecule has 0 aliphatic carbocycles. The van der Waals surface area contributed by atoms with Gasteiger partial charge in [0, 0.05) is 48.4 Å². The van der Waals surface area contributed by atoms with E-state index in [4.69, 9.17) is 0 Å². The smallest absolute Gasteiger partial charge is 0.255 e. The maximum atomic E-state index is 13.5. The topological polar surface area (TPSA) is 57.6 Å². The summed E-state index contributed by atoms with van der Waals surface area (Å²) in [5.74, 6) is -0.184. The van der Waals surface area contributed by atoms with Crippen LogP contribution in [0.3, 0.4) is 0 Å². The molecule has 0 spiro atoms. The van der Waals surface area contributed by atoms with Crippen molar-refractivity contribution >= 4 is 22.7 Å². The Morgan fingerprint density at radius 1 is 1.06 bits per heavy atom. The van der Waals surface area contributed by atoms with Gasteiger partial charge in [0.25, 0.3) is 5.91 Å². The van der Waals surface area contributed by atoms with Crippen molar-refractivity contribution in [3.8, 4) is 0 Å². The quantitative estimate of drug-likeness (QED) is 0.653. The van der Waals surface area contributed by atoms with Crippen molar-refractivity contribution in [2.45, 2.75) is 31.8 Å². The summed E-state index contributed by atoms with van der Waals surface area (Å²) >= 11 is 0. The number of nitrogens with one attached hydrogen (secondary N) is 1. The number of carbonyl (C=O) groups excluding carboxylic acids is 2. The zero-order chi connectivity index (χ0) is 22.2. The highest BCUT2D eigenvalue weighted by Crippen LogP contribution is 2.42. The van der Waals surface area contributed by atoms with E-state index in [0.717, 1.165) is 41.7 Å². The first kappa shape index (κ1) is 20.8. The van der Waals surface area contributed by atoms with Gasteiger partial charge in [-0.1, -0.05) is 36.4 Å². The number of hydrogen-bond donors (Lipinski definition) is 1. The third-order valence-electron chi connectivity index (χ3n) is 6.94. The maximum absolute atomic E-state index is 13.5. The van der Waals surface area contributed by atoms with Crippen LogP contribution in [0.1, 0.15) is 47.3 Å². The molecule has 0 unspecified atom stereocenters. The number of aryl methyl sites for hydroxylation is 1. The monoisotopic (exact) mass is 430 g/mol. The van der Waals surface area contributed by atoms with Gasteiger partial charge in [-0.15, -0.1) is 0 Å². The molecule has 0 saturated carbocycles. The predicted molar refractivity (Wildman–Crippen MR) is 126 cm³/mol. The molecule has 3 heterocycles. The van der Waals surface area contributed by atoms with Gasteiger partial charge >= 0.3 is 0 Å². The molecule has 32 heavy (non-hydrogen) atoms. The molecule has 6 heteroatoms. The molecule has 2 atom stereocenters. The van der Waals surface area contributed by atoms with E-state index in [0.29, 0.717) is 12.1 Å². The summed E-state index contributed by atoms with van der Waals surface area (Å²) in [6.45, 7) is 5.52. The van der Waals surface area contributed by atoms with Crippen molar-refractivity contribution in [3.05, 3.63) is 71.4 Å². The lowest BCUT2D eigenvalue weighted by Gasteiger charge is -2.31. The first-order valence-electron chi connectivity index (χ1n) is 11.5. The molecule has 1 fully saturated rings. The van der Waals surface area contributed by atoms with Crippen LogP contribution in [0, 0.1) is 0 Å². The van der Waals surface area contributed by atoms with Crippen molar-refractivity contribution < 1.29 is 9.59 Å². The van der Waals surface area contributed by atoms with Crippen LogP contribution >= 0.6 is 0 Å². The predicted octanol–water partition coefficient (Wildman–Crippen LogP) is 3.32. The van der Waals surface area contributed by atoms with Crippen molar-refractivity contribution in [2.24, 2.45) is 7.05 Å². The Balaban J connectivity index is 1.46. The van der Waals surface area contributed by atoms with Crippen molar-refractivity contribution in [2.75, 3.05) is 26.2 Å². The number of fused-ring (bicyclic) bond motifs is 2. The first-order chi connectivity index (χ1) is 15.6. The summed E-state index contributed by atoms with van der Waals surface area (Å²) < 4.78 is 2.09. The van der Waals surface area contributed by atoms with E-state index in [1.165, 1.54) is 12.8 Å². The Morgan fingerprint density at radius 2 is 1.78 bits per heavy atom. The fourth-order valence-electron chi connectivity index (χ4n) is 5.26. The third kappa shape index (κ3) is 3.48. The van der Waals surface area contributed by atoms with Crippen LogP contribution in [0.2, 0.25) is 0 Å². The standard InChI is InChI=1S/C26H30N4O2/c1-18(25(31)27-13-16-29-14-7-8-15-29)30-24(20-10-3-4-11-21(20)26(30)32)22-17-28(2)23-12-6-5-9-19(22)23/h3-6,9-12,17-18,24H,7-8,13-16H2,1-2H3,(H,27,31)/t18-,24-/m0/s1. The summed E-state index contributed by atoms with van der Waals surface area (Å²) in [5.41, 5.74) is 3.81. The lowest BCUT2D eigenvalue weighted by molar-refractivity contribution is -0.125. The van der Waals surface area contributed by atoms with E-state index in [1.807, 2.05) is 50.4 Å². The number of carbonyl (C=O) groups is 2. The number of rotatable bonds is 6. The molecule has 1 aromatic heterocycles. The van der Waals surface area contributed by atoms with Gasteiger partial charge in [0.2, 0.25) is 5.91 Å². The highest BCUT2D eigenvalue weighted by molar-refractivity contribution is 6.03. The summed E-state index contributed by atoms with van der Waals surface area (Å²) in [7, 11) is 2.02. The van der Waals surface area contributed by atoms with Gasteiger partial charge in [-0.25, -0.2) is 0 Å². The summed E-state index contributed by atoms with van der Waals surface area (Å²) in [4.78, 5) is 30.7. The Hall–Kier alpha value is -3.12. The Bertz CT molecular complexity index is 1160. The van der Waals surface area contributed by atoms with Gasteiger partial charge < -0.3 is 19.7 Å². The molecule has 2 amide bonds. The zero-order valence-corrected chi connectivity index (χ0v) is 18.8. The molecule has 1 N–H and O–H groups in total. The van der Waals surface area contributed by atoms with E-state index in [2.05, 4.69) is 33.1 Å². The average molecular weight is 431 g/mol. The second kappa shape index (κ2) is 8.43. The minimum Gasteiger partial charge on any atom is -0.353 e. The average Bonchev–Trinajstić information content (AvgIpc) is 3.51. The second-order valence-electron chi connectivity index (χ2n) is 8.93. The van der Waals surface area contributed by atoms with Crippen LogP contribution in [0.5, 0.6) is 0 Å². The van der Waals surface area contributed by atoms with E-state index in [9.17, 15) is 9.59 Å². The Kier molecular flexibility index (Phi) is 5.47. The van der Waals surface area contributed by atoms with Crippen molar-refractivity contribution in [1.82, 2.24) is 19.7 Å². The lowest BCUT2D eigenvalue weighted by Crippen LogP contribution is -2.48. The van der Waals surface area contributed by atoms with Gasteiger partial charge in [0.1, 0.15) is 6.04 Å². The van der Waals surface area contributed by atoms with Crippen molar-refractivity contribution in [1.29, 1.82) is 0 Å². The van der Waals surface area contributed by atoms with Gasteiger partial charge in [0.05, 0.1) is 6.04 Å². The highest BCUT2D eigenvalue weighted by atomic mass is 16.2. The van der Waals surface area contributed by atoms with Crippen LogP contribution in [-0.2, 0) is 11.8 Å². The molecule has 2 aliphatic heterocycles. The first-order valence-corrected chi connectivity index (χ1v) is 11.5. The molecule has 1 saturated heterocycles. The number of amides is 2. The third-order valence-corrected chi connectivity index (χ3v) is 6.94. The molecule has 166 valence electrons. The number of hydrogen-bond acceptors (Lipinski definition) is 3. The zero-order valence-electron chi connectivity index (χ0n) is 18.8. The van der Waals surface area contributed by atoms with Gasteiger partial charge in [-0.05, 0) is 50.6 Å². The molecule has 2 aliphatic rings. The van der Waals surface area contributed by atoms with E-state index >= 15 is 0 Å². The number of aromatic nitrogens is 1. The number of benzene rings is 2. The normalized spacial score (nSPS) is 19.5. The van der Waals surface area contributed by atoms with Gasteiger partial charge in [-0.3, -0.25) is 9.59 Å². The molecule has 0 bridgehead atoms. The van der Waals surface area contributed by atoms with E-state index in [-0.39, 0.29) is 17.9 Å². The lowest BCUT2D eigenvalue weighted by atomic mass is 9.97. The molecular formula is C26H30N4O2.